The van der Waals surface area contributed by atoms with Crippen LogP contribution in [0.5, 0.6) is 0 Å². The lowest BCUT2D eigenvalue weighted by molar-refractivity contribution is 0.00488. The summed E-state index contributed by atoms with van der Waals surface area (Å²) in [6, 6.07) is 1.07. The maximum atomic E-state index is 12.0. The maximum Gasteiger partial charge on any atom is 0.374 e. The zero-order valence-corrected chi connectivity index (χ0v) is 14.8. The second kappa shape index (κ2) is 6.30. The monoisotopic (exact) mass is 398 g/mol. The minimum Gasteiger partial charge on any atom is -0.457 e. The number of ether oxygens (including phenoxy) is 1. The standard InChI is InChI=1S/C13H16BrClO5S/c1-7-3-8(2)5-9(4-7)19-13(16)10-6-11(12(14)20-10)21(15,17)18/h6-9H,3-5H2,1-2H3. The van der Waals surface area contributed by atoms with Crippen LogP contribution in [0.25, 0.3) is 0 Å². The van der Waals surface area contributed by atoms with Gasteiger partial charge in [-0.25, -0.2) is 13.2 Å². The van der Waals surface area contributed by atoms with Crippen molar-refractivity contribution < 1.29 is 22.4 Å². The molecule has 0 bridgehead atoms. The van der Waals surface area contributed by atoms with Crippen LogP contribution in [-0.4, -0.2) is 20.5 Å². The van der Waals surface area contributed by atoms with Crippen molar-refractivity contribution in [2.75, 3.05) is 0 Å². The Kier molecular flexibility index (Phi) is 5.05. The van der Waals surface area contributed by atoms with Crippen LogP contribution < -0.4 is 0 Å². The molecule has 0 aromatic carbocycles. The molecule has 1 heterocycles. The number of hydrogen-bond donors (Lipinski definition) is 0. The van der Waals surface area contributed by atoms with E-state index in [0.717, 1.165) is 25.3 Å². The lowest BCUT2D eigenvalue weighted by Gasteiger charge is -2.30. The second-order valence-corrected chi connectivity index (χ2v) is 8.89. The first kappa shape index (κ1) is 16.8. The summed E-state index contributed by atoms with van der Waals surface area (Å²) in [4.78, 5) is 11.8. The topological polar surface area (TPSA) is 73.6 Å². The highest BCUT2D eigenvalue weighted by molar-refractivity contribution is 9.10. The Morgan fingerprint density at radius 2 is 1.90 bits per heavy atom. The van der Waals surface area contributed by atoms with Gasteiger partial charge >= 0.3 is 5.97 Å². The number of esters is 1. The van der Waals surface area contributed by atoms with Crippen LogP contribution in [-0.2, 0) is 13.8 Å². The first-order valence-corrected chi connectivity index (χ1v) is 9.72. The molecule has 1 aromatic heterocycles. The molecule has 2 unspecified atom stereocenters. The van der Waals surface area contributed by atoms with Gasteiger partial charge in [-0.1, -0.05) is 13.8 Å². The van der Waals surface area contributed by atoms with Crippen molar-refractivity contribution in [3.8, 4) is 0 Å². The molecule has 0 N–H and O–H groups in total. The Hall–Kier alpha value is -0.530. The van der Waals surface area contributed by atoms with E-state index in [4.69, 9.17) is 19.8 Å². The molecule has 5 nitrogen and oxygen atoms in total. The third-order valence-corrected chi connectivity index (χ3v) is 5.71. The van der Waals surface area contributed by atoms with E-state index in [1.165, 1.54) is 0 Å². The maximum absolute atomic E-state index is 12.0. The average molecular weight is 400 g/mol. The minimum absolute atomic E-state index is 0.102. The SMILES string of the molecule is CC1CC(C)CC(OC(=O)c2cc(S(=O)(=O)Cl)c(Br)o2)C1. The van der Waals surface area contributed by atoms with Gasteiger partial charge in [0.25, 0.3) is 9.05 Å². The number of furan rings is 1. The van der Waals surface area contributed by atoms with Crippen molar-refractivity contribution in [1.29, 1.82) is 0 Å². The van der Waals surface area contributed by atoms with E-state index < -0.39 is 15.0 Å². The molecule has 0 radical (unpaired) electrons. The highest BCUT2D eigenvalue weighted by atomic mass is 79.9. The van der Waals surface area contributed by atoms with Crippen LogP contribution in [0, 0.1) is 11.8 Å². The Morgan fingerprint density at radius 1 is 1.33 bits per heavy atom. The Balaban J connectivity index is 2.11. The first-order chi connectivity index (χ1) is 9.66. The van der Waals surface area contributed by atoms with Crippen LogP contribution in [0.3, 0.4) is 0 Å². The third-order valence-electron chi connectivity index (χ3n) is 3.53. The van der Waals surface area contributed by atoms with Gasteiger partial charge in [0.15, 0.2) is 4.67 Å². The van der Waals surface area contributed by atoms with Gasteiger partial charge in [-0.3, -0.25) is 0 Å². The van der Waals surface area contributed by atoms with Crippen molar-refractivity contribution in [3.05, 3.63) is 16.5 Å². The smallest absolute Gasteiger partial charge is 0.374 e. The predicted octanol–water partition coefficient (Wildman–Crippen LogP) is 3.95. The summed E-state index contributed by atoms with van der Waals surface area (Å²) >= 11 is 2.93. The fourth-order valence-corrected chi connectivity index (χ4v) is 4.83. The fourth-order valence-electron chi connectivity index (χ4n) is 2.80. The van der Waals surface area contributed by atoms with Gasteiger partial charge in [0.2, 0.25) is 5.76 Å². The van der Waals surface area contributed by atoms with Gasteiger partial charge in [0.1, 0.15) is 11.0 Å². The molecule has 1 aliphatic rings. The number of carbonyl (C=O) groups excluding carboxylic acids is 1. The lowest BCUT2D eigenvalue weighted by Crippen LogP contribution is -2.28. The molecule has 1 aliphatic carbocycles. The van der Waals surface area contributed by atoms with Crippen LogP contribution >= 0.6 is 26.6 Å². The molecule has 0 saturated heterocycles. The molecule has 118 valence electrons. The molecular weight excluding hydrogens is 384 g/mol. The van der Waals surface area contributed by atoms with Gasteiger partial charge in [-0.15, -0.1) is 0 Å². The zero-order valence-electron chi connectivity index (χ0n) is 11.6. The molecule has 1 saturated carbocycles. The lowest BCUT2D eigenvalue weighted by atomic mass is 9.82. The quantitative estimate of drug-likeness (QED) is 0.568. The highest BCUT2D eigenvalue weighted by Crippen LogP contribution is 2.32. The fraction of sp³-hybridized carbons (Fsp3) is 0.615. The summed E-state index contributed by atoms with van der Waals surface area (Å²) in [5.74, 6) is 0.142. The molecule has 2 atom stereocenters. The van der Waals surface area contributed by atoms with Gasteiger partial charge < -0.3 is 9.15 Å². The number of hydrogen-bond acceptors (Lipinski definition) is 5. The van der Waals surface area contributed by atoms with Crippen molar-refractivity contribution >= 4 is 41.6 Å². The van der Waals surface area contributed by atoms with E-state index in [-0.39, 0.29) is 21.4 Å². The van der Waals surface area contributed by atoms with E-state index in [1.54, 1.807) is 0 Å². The molecule has 0 amide bonds. The van der Waals surface area contributed by atoms with Crippen LogP contribution in [0.15, 0.2) is 20.0 Å². The first-order valence-electron chi connectivity index (χ1n) is 6.61. The van der Waals surface area contributed by atoms with E-state index in [2.05, 4.69) is 29.8 Å². The van der Waals surface area contributed by atoms with Crippen LogP contribution in [0.1, 0.15) is 43.7 Å². The van der Waals surface area contributed by atoms with Crippen LogP contribution in [0.4, 0.5) is 0 Å². The van der Waals surface area contributed by atoms with E-state index in [9.17, 15) is 13.2 Å². The molecule has 1 fully saturated rings. The molecule has 2 rings (SSSR count). The number of halogens is 2. The van der Waals surface area contributed by atoms with Crippen molar-refractivity contribution in [1.82, 2.24) is 0 Å². The van der Waals surface area contributed by atoms with Crippen molar-refractivity contribution in [2.24, 2.45) is 11.8 Å². The molecule has 0 spiro atoms. The molecule has 8 heteroatoms. The summed E-state index contributed by atoms with van der Waals surface area (Å²) in [7, 11) is 1.27. The Morgan fingerprint density at radius 3 is 2.38 bits per heavy atom. The third kappa shape index (κ3) is 4.23. The van der Waals surface area contributed by atoms with Gasteiger partial charge in [-0.2, -0.15) is 0 Å². The van der Waals surface area contributed by atoms with Crippen LogP contribution in [0.2, 0.25) is 0 Å². The molecular formula is C13H16BrClO5S. The van der Waals surface area contributed by atoms with Gasteiger partial charge in [0.05, 0.1) is 0 Å². The second-order valence-electron chi connectivity index (χ2n) is 5.63. The zero-order chi connectivity index (χ0) is 15.8. The molecule has 0 aliphatic heterocycles. The largest absolute Gasteiger partial charge is 0.457 e. The average Bonchev–Trinajstić information content (AvgIpc) is 2.69. The number of carbonyl (C=O) groups is 1. The molecule has 21 heavy (non-hydrogen) atoms. The van der Waals surface area contributed by atoms with E-state index in [0.29, 0.717) is 11.8 Å². The number of rotatable bonds is 3. The summed E-state index contributed by atoms with van der Waals surface area (Å²) in [5.41, 5.74) is 0. The normalized spacial score (nSPS) is 26.6. The van der Waals surface area contributed by atoms with Gasteiger partial charge in [0, 0.05) is 16.7 Å². The summed E-state index contributed by atoms with van der Waals surface area (Å²) in [6.07, 6.45) is 2.56. The molecule has 1 aromatic rings. The Bertz CT molecular complexity index is 629. The van der Waals surface area contributed by atoms with Crippen molar-refractivity contribution in [2.45, 2.75) is 44.1 Å². The van der Waals surface area contributed by atoms with Gasteiger partial charge in [-0.05, 0) is 47.0 Å². The van der Waals surface area contributed by atoms with E-state index in [1.807, 2.05) is 0 Å². The van der Waals surface area contributed by atoms with Crippen molar-refractivity contribution in [3.63, 3.8) is 0 Å². The summed E-state index contributed by atoms with van der Waals surface area (Å²) in [5, 5.41) is 0. The summed E-state index contributed by atoms with van der Waals surface area (Å²) in [6.45, 7) is 4.25. The summed E-state index contributed by atoms with van der Waals surface area (Å²) < 4.78 is 33.0. The predicted molar refractivity (Wildman–Crippen MR) is 80.8 cm³/mol. The van der Waals surface area contributed by atoms with E-state index >= 15 is 0 Å². The highest BCUT2D eigenvalue weighted by Gasteiger charge is 2.29. The minimum atomic E-state index is -3.97. The Labute approximate surface area is 136 Å².